The number of likely N-dealkylation sites (tertiary alicyclic amines) is 1. The third-order valence-electron chi connectivity index (χ3n) is 12.1. The van der Waals surface area contributed by atoms with Crippen molar-refractivity contribution in [2.75, 3.05) is 31.1 Å². The van der Waals surface area contributed by atoms with Gasteiger partial charge in [0.15, 0.2) is 0 Å². The van der Waals surface area contributed by atoms with Gasteiger partial charge in [0, 0.05) is 67.4 Å². The van der Waals surface area contributed by atoms with Gasteiger partial charge in [0.25, 0.3) is 23.6 Å². The molecule has 4 aliphatic rings. The maximum atomic E-state index is 14.3. The van der Waals surface area contributed by atoms with Crippen LogP contribution in [0.5, 0.6) is 11.5 Å². The number of fused-ring (bicyclic) bond motifs is 1. The van der Waals surface area contributed by atoms with Gasteiger partial charge in [0.2, 0.25) is 11.9 Å². The summed E-state index contributed by atoms with van der Waals surface area (Å²) in [7, 11) is 0. The Labute approximate surface area is 342 Å². The number of aromatic nitrogens is 2. The van der Waals surface area contributed by atoms with Crippen molar-refractivity contribution in [1.29, 1.82) is 5.26 Å². The molecule has 4 heterocycles. The maximum absolute atomic E-state index is 14.3. The number of carbonyl (C=O) groups is 5. The number of primary amides is 1. The Kier molecular flexibility index (Phi) is 10.7. The molecule has 3 atom stereocenters. The van der Waals surface area contributed by atoms with Crippen molar-refractivity contribution in [2.45, 2.75) is 91.1 Å². The van der Waals surface area contributed by atoms with Gasteiger partial charge in [0.05, 0.1) is 39.9 Å². The van der Waals surface area contributed by atoms with Gasteiger partial charge in [-0.2, -0.15) is 5.26 Å². The third kappa shape index (κ3) is 7.02. The van der Waals surface area contributed by atoms with Crippen molar-refractivity contribution in [3.8, 4) is 17.6 Å². The highest BCUT2D eigenvalue weighted by molar-refractivity contribution is 6.31. The molecule has 0 bridgehead atoms. The predicted molar refractivity (Wildman–Crippen MR) is 212 cm³/mol. The summed E-state index contributed by atoms with van der Waals surface area (Å²) in [5.41, 5.74) is 4.81. The normalized spacial score (nSPS) is 25.3. The number of carbonyl (C=O) groups excluding carboxylic acids is 5. The lowest BCUT2D eigenvalue weighted by atomic mass is 9.48. The van der Waals surface area contributed by atoms with Crippen LogP contribution >= 0.6 is 11.6 Å². The molecule has 2 aromatic carbocycles. The molecule has 304 valence electrons. The number of hydrogen-bond donors (Lipinski definition) is 1. The first-order valence-electron chi connectivity index (χ1n) is 19.4. The molecule has 0 spiro atoms. The molecule has 2 saturated heterocycles. The molecule has 1 aliphatic carbocycles. The van der Waals surface area contributed by atoms with Crippen LogP contribution in [-0.2, 0) is 9.59 Å². The number of rotatable bonds is 11. The number of piperidine rings is 1. The van der Waals surface area contributed by atoms with E-state index in [2.05, 4.69) is 33.6 Å². The molecule has 3 aliphatic heterocycles. The minimum absolute atomic E-state index is 0.0122. The van der Waals surface area contributed by atoms with Gasteiger partial charge in [-0.25, -0.2) is 9.97 Å². The first kappa shape index (κ1) is 40.6. The summed E-state index contributed by atoms with van der Waals surface area (Å²) in [6, 6.07) is 10.2. The Morgan fingerprint density at radius 2 is 1.57 bits per heavy atom. The van der Waals surface area contributed by atoms with Crippen LogP contribution in [0.3, 0.4) is 0 Å². The quantitative estimate of drug-likeness (QED) is 0.212. The van der Waals surface area contributed by atoms with E-state index in [1.807, 2.05) is 33.8 Å². The number of nitrogens with two attached hydrogens (primary N) is 1. The highest BCUT2D eigenvalue weighted by Gasteiger charge is 2.68. The molecule has 1 aromatic heterocycles. The van der Waals surface area contributed by atoms with Crippen LogP contribution in [0, 0.1) is 22.2 Å². The average molecular weight is 811 g/mol. The largest absolute Gasteiger partial charge is 0.494 e. The zero-order valence-corrected chi connectivity index (χ0v) is 34.2. The number of ether oxygens (including phenoxy) is 2. The molecule has 3 fully saturated rings. The van der Waals surface area contributed by atoms with Gasteiger partial charge in [-0.3, -0.25) is 38.7 Å². The van der Waals surface area contributed by atoms with E-state index in [9.17, 15) is 29.2 Å². The lowest BCUT2D eigenvalue weighted by Crippen LogP contribution is -2.77. The van der Waals surface area contributed by atoms with E-state index in [0.29, 0.717) is 49.1 Å². The van der Waals surface area contributed by atoms with Crippen LogP contribution in [0.25, 0.3) is 0 Å². The molecule has 16 heteroatoms. The summed E-state index contributed by atoms with van der Waals surface area (Å²) in [4.78, 5) is 82.3. The second-order valence-electron chi connectivity index (χ2n) is 16.8. The Balaban J connectivity index is 0.968. The van der Waals surface area contributed by atoms with Crippen molar-refractivity contribution in [3.05, 3.63) is 76.1 Å². The zero-order valence-electron chi connectivity index (χ0n) is 33.4. The number of anilines is 1. The summed E-state index contributed by atoms with van der Waals surface area (Å²) < 4.78 is 12.4. The molecule has 5 amide bonds. The van der Waals surface area contributed by atoms with Gasteiger partial charge in [-0.05, 0) is 57.0 Å². The second kappa shape index (κ2) is 15.3. The van der Waals surface area contributed by atoms with Crippen LogP contribution in [0.1, 0.15) is 97.4 Å². The van der Waals surface area contributed by atoms with Crippen LogP contribution in [0.2, 0.25) is 5.02 Å². The molecule has 58 heavy (non-hydrogen) atoms. The number of imide groups is 2. The Bertz CT molecular complexity index is 2190. The summed E-state index contributed by atoms with van der Waals surface area (Å²) in [5, 5.41) is 9.52. The second-order valence-corrected chi connectivity index (χ2v) is 17.2. The van der Waals surface area contributed by atoms with Crippen molar-refractivity contribution in [2.24, 2.45) is 16.6 Å². The summed E-state index contributed by atoms with van der Waals surface area (Å²) >= 11 is 6.26. The molecule has 0 radical (unpaired) electrons. The predicted octanol–water partition coefficient (Wildman–Crippen LogP) is 4.46. The van der Waals surface area contributed by atoms with Gasteiger partial charge in [0.1, 0.15) is 29.7 Å². The number of amides is 5. The van der Waals surface area contributed by atoms with Crippen molar-refractivity contribution < 1.29 is 33.4 Å². The lowest BCUT2D eigenvalue weighted by Gasteiger charge is -2.65. The molecule has 15 nitrogen and oxygen atoms in total. The smallest absolute Gasteiger partial charge is 0.262 e. The molecule has 2 N–H and O–H groups in total. The minimum Gasteiger partial charge on any atom is -0.494 e. The number of nitrogens with zero attached hydrogens (tertiary/aromatic N) is 7. The fourth-order valence-corrected chi connectivity index (χ4v) is 10.0. The summed E-state index contributed by atoms with van der Waals surface area (Å²) in [6.45, 7) is 14.5. The Morgan fingerprint density at radius 1 is 0.931 bits per heavy atom. The highest BCUT2D eigenvalue weighted by atomic mass is 35.5. The van der Waals surface area contributed by atoms with E-state index in [1.54, 1.807) is 36.4 Å². The molecule has 3 aromatic rings. The van der Waals surface area contributed by atoms with Crippen molar-refractivity contribution in [3.63, 3.8) is 0 Å². The molecule has 1 saturated carbocycles. The van der Waals surface area contributed by atoms with Crippen molar-refractivity contribution in [1.82, 2.24) is 24.7 Å². The van der Waals surface area contributed by atoms with E-state index in [1.165, 1.54) is 17.3 Å². The van der Waals surface area contributed by atoms with Crippen LogP contribution in [0.15, 0.2) is 48.8 Å². The maximum Gasteiger partial charge on any atom is 0.262 e. The third-order valence-corrected chi connectivity index (χ3v) is 12.4. The molecule has 7 rings (SSSR count). The van der Waals surface area contributed by atoms with Gasteiger partial charge >= 0.3 is 0 Å². The number of halogens is 1. The highest BCUT2D eigenvalue weighted by Crippen LogP contribution is 2.58. The van der Waals surface area contributed by atoms with Crippen LogP contribution < -0.4 is 20.1 Å². The summed E-state index contributed by atoms with van der Waals surface area (Å²) in [5.74, 6) is -1.27. The van der Waals surface area contributed by atoms with E-state index in [4.69, 9.17) is 26.8 Å². The lowest BCUT2D eigenvalue weighted by molar-refractivity contribution is -0.216. The van der Waals surface area contributed by atoms with E-state index < -0.39 is 52.6 Å². The summed E-state index contributed by atoms with van der Waals surface area (Å²) in [6.07, 6.45) is 3.16. The first-order chi connectivity index (χ1) is 27.4. The topological polar surface area (TPSA) is 192 Å². The minimum atomic E-state index is -1.15. The van der Waals surface area contributed by atoms with E-state index in [0.717, 1.165) is 11.4 Å². The number of hydrogen-bond acceptors (Lipinski definition) is 12. The fraction of sp³-hybridized carbons (Fsp3) is 0.476. The number of benzene rings is 2. The standard InChI is InChI=1S/C42H47ClN8O7/c1-23-21-48(40-46-19-26(20-47-40)34(45)53)22-24(2)49(23)14-7-15-57-27-10-11-29-30(16-27)36(55)50(35(29)54)32-12-13-33(52)51(37(32)56)38-41(3,4)39(42(38,5)6)58-28-9-8-25(18-44)31(43)17-28/h8-11,16-17,19-20,23-24,32,38-39H,7,12-15,21-22H2,1-6H3,(H2,45,53)/t23-,24-,32-,38?,39?/m0/s1. The molecular weight excluding hydrogens is 764 g/mol. The van der Waals surface area contributed by atoms with Crippen LogP contribution in [-0.4, -0.2) is 111 Å². The first-order valence-corrected chi connectivity index (χ1v) is 19.8. The Hall–Kier alpha value is -5.59. The van der Waals surface area contributed by atoms with Crippen LogP contribution in [0.4, 0.5) is 5.95 Å². The molecule has 0 unspecified atom stereocenters. The van der Waals surface area contributed by atoms with Crippen molar-refractivity contribution >= 4 is 47.1 Å². The monoisotopic (exact) mass is 810 g/mol. The average Bonchev–Trinajstić information content (AvgIpc) is 3.42. The SMILES string of the molecule is C[C@H]1CN(c2ncc(C(N)=O)cn2)C[C@H](C)N1CCCOc1ccc2c(c1)C(=O)N([C@H]1CCC(=O)N(C3C(C)(C)C(Oc4ccc(C#N)c(Cl)c4)C3(C)C)C1=O)C2=O. The van der Waals surface area contributed by atoms with E-state index >= 15 is 0 Å². The zero-order chi connectivity index (χ0) is 41.8. The van der Waals surface area contributed by atoms with Gasteiger partial charge in [-0.1, -0.05) is 39.3 Å². The van der Waals surface area contributed by atoms with Gasteiger partial charge < -0.3 is 20.1 Å². The molecular formula is C42H47ClN8O7. The van der Waals surface area contributed by atoms with E-state index in [-0.39, 0.29) is 52.5 Å². The number of nitriles is 1. The Morgan fingerprint density at radius 3 is 2.19 bits per heavy atom. The fourth-order valence-electron chi connectivity index (χ4n) is 9.79. The number of piperazine rings is 1. The van der Waals surface area contributed by atoms with Gasteiger partial charge in [-0.15, -0.1) is 0 Å².